The van der Waals surface area contributed by atoms with Gasteiger partial charge in [-0.2, -0.15) is 0 Å². The van der Waals surface area contributed by atoms with Crippen molar-refractivity contribution in [3.05, 3.63) is 40.8 Å². The largest absolute Gasteiger partial charge is 0.356 e. The minimum absolute atomic E-state index is 0. The van der Waals surface area contributed by atoms with Crippen molar-refractivity contribution in [1.29, 1.82) is 0 Å². The second kappa shape index (κ2) is 11.8. The summed E-state index contributed by atoms with van der Waals surface area (Å²) in [6, 6.07) is 6.25. The molecule has 2 aliphatic heterocycles. The van der Waals surface area contributed by atoms with E-state index in [4.69, 9.17) is 0 Å². The highest BCUT2D eigenvalue weighted by Gasteiger charge is 2.23. The highest BCUT2D eigenvalue weighted by atomic mass is 127. The monoisotopic (exact) mass is 541 g/mol. The van der Waals surface area contributed by atoms with Crippen LogP contribution < -0.4 is 10.2 Å². The molecule has 2 fully saturated rings. The molecular formula is C21H32IN7S. The molecule has 0 atom stereocenters. The van der Waals surface area contributed by atoms with Crippen LogP contribution in [0.5, 0.6) is 0 Å². The molecule has 4 rings (SSSR count). The summed E-state index contributed by atoms with van der Waals surface area (Å²) >= 11 is 1.86. The Bertz CT molecular complexity index is 755. The van der Waals surface area contributed by atoms with Crippen molar-refractivity contribution < 1.29 is 0 Å². The number of aliphatic imine (C=N–C) groups is 1. The van der Waals surface area contributed by atoms with Gasteiger partial charge in [0.2, 0.25) is 5.95 Å². The lowest BCUT2D eigenvalue weighted by molar-refractivity contribution is 0.178. The number of likely N-dealkylation sites (tertiary alicyclic amines) is 1. The molecule has 7 nitrogen and oxygen atoms in total. The molecule has 2 aliphatic rings. The normalized spacial score (nSPS) is 18.9. The molecule has 0 spiro atoms. The molecular weight excluding hydrogens is 509 g/mol. The van der Waals surface area contributed by atoms with E-state index in [0.717, 1.165) is 57.1 Å². The molecule has 2 saturated heterocycles. The molecule has 4 heterocycles. The number of aromatic nitrogens is 2. The van der Waals surface area contributed by atoms with Crippen molar-refractivity contribution in [3.8, 4) is 0 Å². The smallest absolute Gasteiger partial charge is 0.225 e. The van der Waals surface area contributed by atoms with Crippen LogP contribution in [0.3, 0.4) is 0 Å². The first-order chi connectivity index (χ1) is 14.3. The molecule has 0 aromatic carbocycles. The van der Waals surface area contributed by atoms with Crippen molar-refractivity contribution in [3.63, 3.8) is 0 Å². The van der Waals surface area contributed by atoms with E-state index in [1.165, 1.54) is 30.8 Å². The Morgan fingerprint density at radius 1 is 1.10 bits per heavy atom. The van der Waals surface area contributed by atoms with Gasteiger partial charge in [-0.1, -0.05) is 6.07 Å². The predicted octanol–water partition coefficient (Wildman–Crippen LogP) is 2.77. The van der Waals surface area contributed by atoms with Crippen LogP contribution >= 0.6 is 35.3 Å². The summed E-state index contributed by atoms with van der Waals surface area (Å²) in [5.41, 5.74) is 0. The number of anilines is 1. The summed E-state index contributed by atoms with van der Waals surface area (Å²) in [5, 5.41) is 5.80. The molecule has 0 amide bonds. The van der Waals surface area contributed by atoms with Crippen LogP contribution in [0.25, 0.3) is 0 Å². The number of nitrogens with one attached hydrogen (secondary N) is 1. The van der Waals surface area contributed by atoms with Crippen molar-refractivity contribution in [2.75, 3.05) is 57.8 Å². The Hall–Kier alpha value is -1.46. The summed E-state index contributed by atoms with van der Waals surface area (Å²) in [4.78, 5) is 21.9. The maximum atomic E-state index is 4.53. The predicted molar refractivity (Wildman–Crippen MR) is 135 cm³/mol. The van der Waals surface area contributed by atoms with E-state index in [-0.39, 0.29) is 24.0 Å². The van der Waals surface area contributed by atoms with Gasteiger partial charge in [0.05, 0.1) is 0 Å². The Morgan fingerprint density at radius 2 is 1.83 bits per heavy atom. The fraction of sp³-hybridized carbons (Fsp3) is 0.571. The van der Waals surface area contributed by atoms with E-state index < -0.39 is 0 Å². The minimum atomic E-state index is 0. The zero-order chi connectivity index (χ0) is 19.9. The van der Waals surface area contributed by atoms with E-state index >= 15 is 0 Å². The first-order valence-electron chi connectivity index (χ1n) is 10.5. The highest BCUT2D eigenvalue weighted by molar-refractivity contribution is 14.0. The molecule has 2 aromatic heterocycles. The Labute approximate surface area is 200 Å². The van der Waals surface area contributed by atoms with Gasteiger partial charge in [-0.05, 0) is 49.4 Å². The molecule has 9 heteroatoms. The van der Waals surface area contributed by atoms with Crippen molar-refractivity contribution in [2.24, 2.45) is 10.9 Å². The standard InChI is InChI=1S/C21H31N7S.HI/c1-22-20(27-11-13-28(14-12-27)21-23-7-3-8-24-21)25-16-18-5-9-26(10-6-18)17-19-4-2-15-29-19;/h2-4,7-8,15,18H,5-6,9-14,16-17H2,1H3,(H,22,25);1H. The Morgan fingerprint density at radius 3 is 2.47 bits per heavy atom. The van der Waals surface area contributed by atoms with E-state index in [0.29, 0.717) is 0 Å². The number of guanidine groups is 1. The fourth-order valence-corrected chi connectivity index (χ4v) is 4.86. The highest BCUT2D eigenvalue weighted by Crippen LogP contribution is 2.20. The van der Waals surface area contributed by atoms with Gasteiger partial charge in [-0.15, -0.1) is 35.3 Å². The second-order valence-electron chi connectivity index (χ2n) is 7.75. The third kappa shape index (κ3) is 6.27. The van der Waals surface area contributed by atoms with E-state index in [1.54, 1.807) is 12.4 Å². The quantitative estimate of drug-likeness (QED) is 0.357. The third-order valence-electron chi connectivity index (χ3n) is 5.84. The SMILES string of the molecule is CN=C(NCC1CCN(Cc2cccs2)CC1)N1CCN(c2ncccn2)CC1.I. The van der Waals surface area contributed by atoms with Crippen molar-refractivity contribution in [2.45, 2.75) is 19.4 Å². The molecule has 0 radical (unpaired) electrons. The second-order valence-corrected chi connectivity index (χ2v) is 8.78. The van der Waals surface area contributed by atoms with Crippen molar-refractivity contribution in [1.82, 2.24) is 25.1 Å². The molecule has 0 saturated carbocycles. The number of hydrogen-bond donors (Lipinski definition) is 1. The van der Waals surface area contributed by atoms with Gasteiger partial charge in [-0.25, -0.2) is 9.97 Å². The summed E-state index contributed by atoms with van der Waals surface area (Å²) < 4.78 is 0. The maximum absolute atomic E-state index is 4.53. The average molecular weight is 542 g/mol. The molecule has 0 aliphatic carbocycles. The van der Waals surface area contributed by atoms with Gasteiger partial charge in [0.25, 0.3) is 0 Å². The minimum Gasteiger partial charge on any atom is -0.356 e. The number of piperidine rings is 1. The molecule has 0 bridgehead atoms. The van der Waals surface area contributed by atoms with Crippen LogP contribution in [0.2, 0.25) is 0 Å². The van der Waals surface area contributed by atoms with Gasteiger partial charge >= 0.3 is 0 Å². The third-order valence-corrected chi connectivity index (χ3v) is 6.70. The first-order valence-corrected chi connectivity index (χ1v) is 11.4. The van der Waals surface area contributed by atoms with Crippen LogP contribution in [0, 0.1) is 5.92 Å². The molecule has 2 aromatic rings. The lowest BCUT2D eigenvalue weighted by Crippen LogP contribution is -2.53. The number of piperazine rings is 1. The fourth-order valence-electron chi connectivity index (χ4n) is 4.11. The van der Waals surface area contributed by atoms with Gasteiger partial charge in [-0.3, -0.25) is 9.89 Å². The van der Waals surface area contributed by atoms with Gasteiger partial charge in [0.15, 0.2) is 5.96 Å². The Balaban J connectivity index is 0.00000256. The summed E-state index contributed by atoms with van der Waals surface area (Å²) in [6.45, 7) is 8.24. The zero-order valence-corrected chi connectivity index (χ0v) is 20.8. The van der Waals surface area contributed by atoms with Crippen LogP contribution in [0.1, 0.15) is 17.7 Å². The van der Waals surface area contributed by atoms with Gasteiger partial charge in [0, 0.05) is 63.6 Å². The summed E-state index contributed by atoms with van der Waals surface area (Å²) in [5.74, 6) is 2.58. The lowest BCUT2D eigenvalue weighted by Gasteiger charge is -2.37. The Kier molecular flexibility index (Phi) is 9.13. The number of thiophene rings is 1. The van der Waals surface area contributed by atoms with Crippen molar-refractivity contribution >= 4 is 47.2 Å². The van der Waals surface area contributed by atoms with Crippen LogP contribution in [0.15, 0.2) is 41.0 Å². The number of rotatable bonds is 5. The first kappa shape index (κ1) is 23.2. The zero-order valence-electron chi connectivity index (χ0n) is 17.6. The van der Waals surface area contributed by atoms with E-state index in [9.17, 15) is 0 Å². The number of halogens is 1. The van der Waals surface area contributed by atoms with Crippen LogP contribution in [-0.2, 0) is 6.54 Å². The molecule has 1 N–H and O–H groups in total. The van der Waals surface area contributed by atoms with Gasteiger partial charge < -0.3 is 15.1 Å². The van der Waals surface area contributed by atoms with E-state index in [1.807, 2.05) is 24.5 Å². The molecule has 0 unspecified atom stereocenters. The van der Waals surface area contributed by atoms with E-state index in [2.05, 4.69) is 52.5 Å². The average Bonchev–Trinajstić information content (AvgIpc) is 3.29. The lowest BCUT2D eigenvalue weighted by atomic mass is 9.97. The van der Waals surface area contributed by atoms with Crippen LogP contribution in [0.4, 0.5) is 5.95 Å². The number of nitrogens with zero attached hydrogens (tertiary/aromatic N) is 6. The summed E-state index contributed by atoms with van der Waals surface area (Å²) in [6.07, 6.45) is 6.13. The topological polar surface area (TPSA) is 59.9 Å². The van der Waals surface area contributed by atoms with Gasteiger partial charge in [0.1, 0.15) is 0 Å². The van der Waals surface area contributed by atoms with Crippen LogP contribution in [-0.4, -0.2) is 78.6 Å². The maximum Gasteiger partial charge on any atom is 0.225 e. The molecule has 164 valence electrons. The summed E-state index contributed by atoms with van der Waals surface area (Å²) in [7, 11) is 1.89. The molecule has 30 heavy (non-hydrogen) atoms. The number of hydrogen-bond acceptors (Lipinski definition) is 6.